The van der Waals surface area contributed by atoms with Crippen LogP contribution in [0.25, 0.3) is 0 Å². The highest BCUT2D eigenvalue weighted by molar-refractivity contribution is 9.10. The van der Waals surface area contributed by atoms with Crippen molar-refractivity contribution in [2.45, 2.75) is 19.9 Å². The molecule has 0 aliphatic heterocycles. The van der Waals surface area contributed by atoms with E-state index in [2.05, 4.69) is 21.2 Å². The van der Waals surface area contributed by atoms with Crippen LogP contribution < -0.4 is 5.32 Å². The number of benzene rings is 1. The van der Waals surface area contributed by atoms with E-state index in [9.17, 15) is 0 Å². The second-order valence-electron chi connectivity index (χ2n) is 4.23. The number of thiophene rings is 1. The summed E-state index contributed by atoms with van der Waals surface area (Å²) in [7, 11) is 0. The molecule has 0 fully saturated rings. The maximum absolute atomic E-state index is 6.16. The highest BCUT2D eigenvalue weighted by atomic mass is 79.9. The number of aryl methyl sites for hydroxylation is 1. The third-order valence-electron chi connectivity index (χ3n) is 2.77. The molecule has 1 aromatic carbocycles. The molecule has 1 nitrogen and oxygen atoms in total. The van der Waals surface area contributed by atoms with E-state index in [-0.39, 0.29) is 6.04 Å². The lowest BCUT2D eigenvalue weighted by atomic mass is 10.1. The number of hydrogen-bond donors (Lipinski definition) is 1. The fraction of sp³-hybridized carbons (Fsp3) is 0.231. The Morgan fingerprint density at radius 3 is 2.47 bits per heavy atom. The number of hydrogen-bond acceptors (Lipinski definition) is 2. The van der Waals surface area contributed by atoms with Crippen LogP contribution in [0.3, 0.4) is 0 Å². The topological polar surface area (TPSA) is 12.0 Å². The Hall–Kier alpha value is 0.0700. The van der Waals surface area contributed by atoms with Crippen molar-refractivity contribution < 1.29 is 0 Å². The van der Waals surface area contributed by atoms with E-state index in [4.69, 9.17) is 34.8 Å². The van der Waals surface area contributed by atoms with Gasteiger partial charge in [0.05, 0.1) is 20.4 Å². The van der Waals surface area contributed by atoms with Gasteiger partial charge in [0, 0.05) is 15.1 Å². The van der Waals surface area contributed by atoms with E-state index in [0.29, 0.717) is 8.67 Å². The monoisotopic (exact) mass is 397 g/mol. The number of rotatable bonds is 3. The average molecular weight is 400 g/mol. The summed E-state index contributed by atoms with van der Waals surface area (Å²) < 4.78 is 2.37. The van der Waals surface area contributed by atoms with Crippen LogP contribution in [0.4, 0.5) is 5.69 Å². The first-order chi connectivity index (χ1) is 8.88. The fourth-order valence-corrected chi connectivity index (χ4v) is 4.10. The van der Waals surface area contributed by atoms with Gasteiger partial charge in [-0.05, 0) is 53.5 Å². The molecule has 1 heterocycles. The SMILES string of the molecule is Cc1cc(Br)c(NC(C)c2cc(Cl)sc2Cl)cc1Cl. The molecule has 0 aliphatic carbocycles. The van der Waals surface area contributed by atoms with E-state index in [0.717, 1.165) is 26.3 Å². The molecule has 1 N–H and O–H groups in total. The van der Waals surface area contributed by atoms with E-state index in [1.807, 2.05) is 32.0 Å². The van der Waals surface area contributed by atoms with Gasteiger partial charge in [-0.1, -0.05) is 34.8 Å². The molecule has 0 saturated carbocycles. The van der Waals surface area contributed by atoms with Crippen LogP contribution in [0.2, 0.25) is 13.7 Å². The quantitative estimate of drug-likeness (QED) is 0.589. The Bertz CT molecular complexity index is 612. The molecular formula is C13H11BrCl3NS. The molecule has 0 bridgehead atoms. The molecule has 0 saturated heterocycles. The number of anilines is 1. The summed E-state index contributed by atoms with van der Waals surface area (Å²) in [4.78, 5) is 0. The van der Waals surface area contributed by atoms with Crippen molar-refractivity contribution in [1.82, 2.24) is 0 Å². The van der Waals surface area contributed by atoms with Crippen LogP contribution in [0.5, 0.6) is 0 Å². The summed E-state index contributed by atoms with van der Waals surface area (Å²) in [6.45, 7) is 4.00. The van der Waals surface area contributed by atoms with Crippen molar-refractivity contribution in [2.24, 2.45) is 0 Å². The maximum Gasteiger partial charge on any atom is 0.0996 e. The molecular weight excluding hydrogens is 388 g/mol. The fourth-order valence-electron chi connectivity index (χ4n) is 1.72. The Morgan fingerprint density at radius 2 is 1.89 bits per heavy atom. The Labute approximate surface area is 140 Å². The van der Waals surface area contributed by atoms with Crippen molar-refractivity contribution in [2.75, 3.05) is 5.32 Å². The van der Waals surface area contributed by atoms with Crippen molar-refractivity contribution in [3.63, 3.8) is 0 Å². The zero-order valence-corrected chi connectivity index (χ0v) is 14.9. The van der Waals surface area contributed by atoms with Crippen LogP contribution in [0.1, 0.15) is 24.1 Å². The molecule has 0 spiro atoms. The van der Waals surface area contributed by atoms with Crippen LogP contribution in [-0.2, 0) is 0 Å². The van der Waals surface area contributed by atoms with E-state index in [1.54, 1.807) is 0 Å². The first-order valence-electron chi connectivity index (χ1n) is 5.55. The minimum atomic E-state index is 0.0475. The molecule has 0 amide bonds. The highest BCUT2D eigenvalue weighted by Crippen LogP contribution is 2.37. The largest absolute Gasteiger partial charge is 0.377 e. The van der Waals surface area contributed by atoms with Gasteiger partial charge in [0.1, 0.15) is 0 Å². The minimum Gasteiger partial charge on any atom is -0.377 e. The van der Waals surface area contributed by atoms with Gasteiger partial charge in [0.2, 0.25) is 0 Å². The summed E-state index contributed by atoms with van der Waals surface area (Å²) in [5, 5.41) is 4.11. The average Bonchev–Trinajstić information content (AvgIpc) is 2.65. The third-order valence-corrected chi connectivity index (χ3v) is 5.35. The normalized spacial score (nSPS) is 12.5. The van der Waals surface area contributed by atoms with E-state index >= 15 is 0 Å². The van der Waals surface area contributed by atoms with Crippen LogP contribution >= 0.6 is 62.1 Å². The minimum absolute atomic E-state index is 0.0475. The Kier molecular flexibility index (Phi) is 5.07. The molecule has 0 aliphatic rings. The Morgan fingerprint density at radius 1 is 1.21 bits per heavy atom. The van der Waals surface area contributed by atoms with Crippen molar-refractivity contribution in [3.05, 3.63) is 47.5 Å². The summed E-state index contributed by atoms with van der Waals surface area (Å²) >= 11 is 23.2. The van der Waals surface area contributed by atoms with Crippen LogP contribution in [0, 0.1) is 6.92 Å². The molecule has 1 unspecified atom stereocenters. The standard InChI is InChI=1S/C13H11BrCl3NS/c1-6-3-9(14)11(5-10(6)15)18-7(2)8-4-12(16)19-13(8)17/h3-5,7,18H,1-2H3. The second kappa shape index (κ2) is 6.23. The lowest BCUT2D eigenvalue weighted by Crippen LogP contribution is -2.06. The van der Waals surface area contributed by atoms with Crippen LogP contribution in [0.15, 0.2) is 22.7 Å². The summed E-state index contributed by atoms with van der Waals surface area (Å²) in [5.74, 6) is 0. The zero-order chi connectivity index (χ0) is 14.2. The van der Waals surface area contributed by atoms with Gasteiger partial charge in [-0.3, -0.25) is 0 Å². The molecule has 2 rings (SSSR count). The smallest absolute Gasteiger partial charge is 0.0996 e. The van der Waals surface area contributed by atoms with Gasteiger partial charge >= 0.3 is 0 Å². The van der Waals surface area contributed by atoms with E-state index in [1.165, 1.54) is 11.3 Å². The summed E-state index contributed by atoms with van der Waals surface area (Å²) in [6.07, 6.45) is 0. The van der Waals surface area contributed by atoms with Gasteiger partial charge in [0.15, 0.2) is 0 Å². The number of nitrogens with one attached hydrogen (secondary N) is 1. The molecule has 1 aromatic heterocycles. The first kappa shape index (κ1) is 15.5. The molecule has 2 aromatic rings. The molecule has 0 radical (unpaired) electrons. The van der Waals surface area contributed by atoms with E-state index < -0.39 is 0 Å². The lowest BCUT2D eigenvalue weighted by Gasteiger charge is -2.17. The predicted molar refractivity (Wildman–Crippen MR) is 90.3 cm³/mol. The lowest BCUT2D eigenvalue weighted by molar-refractivity contribution is 0.889. The Balaban J connectivity index is 2.26. The molecule has 102 valence electrons. The van der Waals surface area contributed by atoms with Crippen molar-refractivity contribution >= 4 is 67.8 Å². The molecule has 1 atom stereocenters. The van der Waals surface area contributed by atoms with Gasteiger partial charge < -0.3 is 5.32 Å². The van der Waals surface area contributed by atoms with Gasteiger partial charge in [-0.15, -0.1) is 11.3 Å². The summed E-state index contributed by atoms with van der Waals surface area (Å²) in [5.41, 5.74) is 2.95. The molecule has 6 heteroatoms. The number of halogens is 4. The predicted octanol–water partition coefficient (Wildman–Crippen LogP) is 6.95. The maximum atomic E-state index is 6.16. The van der Waals surface area contributed by atoms with Gasteiger partial charge in [0.25, 0.3) is 0 Å². The van der Waals surface area contributed by atoms with Crippen LogP contribution in [-0.4, -0.2) is 0 Å². The molecule has 19 heavy (non-hydrogen) atoms. The van der Waals surface area contributed by atoms with Crippen molar-refractivity contribution in [1.29, 1.82) is 0 Å². The highest BCUT2D eigenvalue weighted by Gasteiger charge is 2.15. The summed E-state index contributed by atoms with van der Waals surface area (Å²) in [6, 6.07) is 5.82. The zero-order valence-electron chi connectivity index (χ0n) is 10.2. The van der Waals surface area contributed by atoms with Gasteiger partial charge in [-0.25, -0.2) is 0 Å². The second-order valence-corrected chi connectivity index (χ2v) is 7.77. The van der Waals surface area contributed by atoms with Gasteiger partial charge in [-0.2, -0.15) is 0 Å². The van der Waals surface area contributed by atoms with Crippen molar-refractivity contribution in [3.8, 4) is 0 Å². The third kappa shape index (κ3) is 3.59. The first-order valence-corrected chi connectivity index (χ1v) is 8.29.